The second kappa shape index (κ2) is 16.9. The van der Waals surface area contributed by atoms with Gasteiger partial charge in [-0.05, 0) is 78.9 Å². The topological polar surface area (TPSA) is 54.4 Å². The van der Waals surface area contributed by atoms with Gasteiger partial charge in [0.15, 0.2) is 0 Å². The Labute approximate surface area is 276 Å². The number of anilines is 2. The number of carbonyl (C=O) groups excluding carboxylic acids is 1. The van der Waals surface area contributed by atoms with Gasteiger partial charge in [-0.2, -0.15) is 0 Å². The molecule has 0 unspecified atom stereocenters. The van der Waals surface area contributed by atoms with Gasteiger partial charge >= 0.3 is 5.97 Å². The molecule has 236 valence electrons. The van der Waals surface area contributed by atoms with Gasteiger partial charge in [0.25, 0.3) is 0 Å². The summed E-state index contributed by atoms with van der Waals surface area (Å²) in [6.45, 7) is 17.1. The van der Waals surface area contributed by atoms with Crippen molar-refractivity contribution in [2.24, 2.45) is 4.99 Å². The molecule has 0 saturated carbocycles. The fraction of sp³-hybridized carbons (Fsp3) is 0.316. The van der Waals surface area contributed by atoms with Gasteiger partial charge in [-0.15, -0.1) is 6.58 Å². The number of aliphatic imine (C=N–C) groups is 1. The molecule has 0 aliphatic heterocycles. The maximum atomic E-state index is 11.3. The van der Waals surface area contributed by atoms with E-state index in [-0.39, 0.29) is 5.97 Å². The first-order chi connectivity index (χ1) is 21.9. The Morgan fingerprint density at radius 1 is 0.889 bits per heavy atom. The summed E-state index contributed by atoms with van der Waals surface area (Å²) in [6, 6.07) is 23.8. The highest BCUT2D eigenvalue weighted by Gasteiger charge is 2.22. The molecule has 0 radical (unpaired) electrons. The molecular formula is C38H44BrN3O3. The highest BCUT2D eigenvalue weighted by atomic mass is 79.9. The molecule has 7 heteroatoms. The number of hydrogen-bond acceptors (Lipinski definition) is 6. The molecule has 4 rings (SSSR count). The molecule has 3 aromatic carbocycles. The first kappa shape index (κ1) is 33.9. The molecule has 1 aliphatic rings. The van der Waals surface area contributed by atoms with Crippen molar-refractivity contribution >= 4 is 50.1 Å². The number of likely N-dealkylation sites (N-methyl/N-ethyl adjacent to an activating group) is 2. The largest absolute Gasteiger partial charge is 0.464 e. The lowest BCUT2D eigenvalue weighted by atomic mass is 9.83. The lowest BCUT2D eigenvalue weighted by Crippen LogP contribution is -2.27. The van der Waals surface area contributed by atoms with Gasteiger partial charge in [-0.1, -0.05) is 70.5 Å². The summed E-state index contributed by atoms with van der Waals surface area (Å²) in [5.74, 6) is -0.260. The van der Waals surface area contributed by atoms with Crippen LogP contribution in [0.3, 0.4) is 0 Å². The van der Waals surface area contributed by atoms with Crippen molar-refractivity contribution in [1.29, 1.82) is 0 Å². The zero-order valence-electron chi connectivity index (χ0n) is 26.9. The third-order valence-electron chi connectivity index (χ3n) is 7.81. The van der Waals surface area contributed by atoms with E-state index in [1.807, 2.05) is 13.0 Å². The minimum absolute atomic E-state index is 0.260. The third kappa shape index (κ3) is 8.62. The summed E-state index contributed by atoms with van der Waals surface area (Å²) < 4.78 is 11.9. The Hall–Kier alpha value is -3.94. The van der Waals surface area contributed by atoms with Crippen molar-refractivity contribution in [2.45, 2.75) is 27.7 Å². The van der Waals surface area contributed by atoms with Crippen LogP contribution in [0.25, 0.3) is 11.1 Å². The molecule has 0 fully saturated rings. The number of esters is 1. The lowest BCUT2D eigenvalue weighted by molar-refractivity contribution is -0.140. The SMILES string of the molecule is C=CCN=C1C=C/C(=C(/c2ccc(N(CC)CCOC(C)=O)cc2)c2ccc(N(CC)CCOCC)cc2Br)c2ccccc21. The van der Waals surface area contributed by atoms with Gasteiger partial charge in [-0.25, -0.2) is 0 Å². The van der Waals surface area contributed by atoms with Crippen LogP contribution in [-0.2, 0) is 14.3 Å². The monoisotopic (exact) mass is 669 g/mol. The van der Waals surface area contributed by atoms with Gasteiger partial charge in [0.2, 0.25) is 0 Å². The summed E-state index contributed by atoms with van der Waals surface area (Å²) in [4.78, 5) is 20.6. The molecule has 0 atom stereocenters. The number of benzene rings is 3. The summed E-state index contributed by atoms with van der Waals surface area (Å²) in [5.41, 5.74) is 9.91. The van der Waals surface area contributed by atoms with Crippen molar-refractivity contribution in [3.05, 3.63) is 118 Å². The van der Waals surface area contributed by atoms with E-state index in [9.17, 15) is 4.79 Å². The molecule has 3 aromatic rings. The summed E-state index contributed by atoms with van der Waals surface area (Å²) in [7, 11) is 0. The number of halogens is 1. The fourth-order valence-corrected chi connectivity index (χ4v) is 6.12. The van der Waals surface area contributed by atoms with Crippen LogP contribution < -0.4 is 9.80 Å². The Morgan fingerprint density at radius 2 is 1.56 bits per heavy atom. The summed E-state index contributed by atoms with van der Waals surface area (Å²) >= 11 is 3.97. The average Bonchev–Trinajstić information content (AvgIpc) is 3.05. The number of rotatable bonds is 15. The predicted octanol–water partition coefficient (Wildman–Crippen LogP) is 8.21. The molecule has 0 aromatic heterocycles. The van der Waals surface area contributed by atoms with E-state index in [4.69, 9.17) is 14.5 Å². The molecule has 45 heavy (non-hydrogen) atoms. The smallest absolute Gasteiger partial charge is 0.302 e. The van der Waals surface area contributed by atoms with Gasteiger partial charge in [-0.3, -0.25) is 9.79 Å². The van der Waals surface area contributed by atoms with Crippen LogP contribution in [0.4, 0.5) is 11.4 Å². The molecule has 0 saturated heterocycles. The molecule has 0 spiro atoms. The molecule has 0 amide bonds. The van der Waals surface area contributed by atoms with E-state index in [1.165, 1.54) is 6.92 Å². The maximum Gasteiger partial charge on any atom is 0.302 e. The van der Waals surface area contributed by atoms with Crippen molar-refractivity contribution in [2.75, 3.05) is 62.3 Å². The van der Waals surface area contributed by atoms with Crippen LogP contribution in [0.1, 0.15) is 49.9 Å². The maximum absolute atomic E-state index is 11.3. The van der Waals surface area contributed by atoms with Crippen LogP contribution >= 0.6 is 15.9 Å². The normalized spacial score (nSPS) is 14.2. The number of ether oxygens (including phenoxy) is 2. The van der Waals surface area contributed by atoms with Crippen LogP contribution in [0, 0.1) is 0 Å². The second-order valence-corrected chi connectivity index (χ2v) is 11.4. The van der Waals surface area contributed by atoms with E-state index >= 15 is 0 Å². The highest BCUT2D eigenvalue weighted by molar-refractivity contribution is 9.10. The fourth-order valence-electron chi connectivity index (χ4n) is 5.56. The average molecular weight is 671 g/mol. The Morgan fingerprint density at radius 3 is 2.20 bits per heavy atom. The van der Waals surface area contributed by atoms with Crippen molar-refractivity contribution in [3.8, 4) is 0 Å². The highest BCUT2D eigenvalue weighted by Crippen LogP contribution is 2.41. The first-order valence-electron chi connectivity index (χ1n) is 15.7. The van der Waals surface area contributed by atoms with E-state index < -0.39 is 0 Å². The quantitative estimate of drug-likeness (QED) is 0.0928. The van der Waals surface area contributed by atoms with Crippen molar-refractivity contribution in [3.63, 3.8) is 0 Å². The molecule has 6 nitrogen and oxygen atoms in total. The molecule has 0 bridgehead atoms. The molecule has 1 aliphatic carbocycles. The zero-order chi connectivity index (χ0) is 32.2. The first-order valence-corrected chi connectivity index (χ1v) is 16.5. The van der Waals surface area contributed by atoms with Crippen LogP contribution in [-0.4, -0.2) is 64.2 Å². The zero-order valence-corrected chi connectivity index (χ0v) is 28.5. The van der Waals surface area contributed by atoms with Gasteiger partial charge < -0.3 is 19.3 Å². The predicted molar refractivity (Wildman–Crippen MR) is 193 cm³/mol. The molecule has 0 heterocycles. The number of allylic oxidation sites excluding steroid dienone is 3. The summed E-state index contributed by atoms with van der Waals surface area (Å²) in [6.07, 6.45) is 6.12. The number of fused-ring (bicyclic) bond motifs is 1. The number of nitrogens with zero attached hydrogens (tertiary/aromatic N) is 3. The third-order valence-corrected chi connectivity index (χ3v) is 8.47. The minimum Gasteiger partial charge on any atom is -0.464 e. The van der Waals surface area contributed by atoms with Crippen LogP contribution in [0.5, 0.6) is 0 Å². The Bertz CT molecular complexity index is 1560. The molecular weight excluding hydrogens is 626 g/mol. The van der Waals surface area contributed by atoms with Crippen LogP contribution in [0.15, 0.2) is 101 Å². The van der Waals surface area contributed by atoms with Gasteiger partial charge in [0, 0.05) is 54.6 Å². The number of carbonyl (C=O) groups is 1. The summed E-state index contributed by atoms with van der Waals surface area (Å²) in [5, 5.41) is 0. The molecule has 0 N–H and O–H groups in total. The van der Waals surface area contributed by atoms with E-state index in [0.717, 1.165) is 74.6 Å². The lowest BCUT2D eigenvalue weighted by Gasteiger charge is -2.26. The van der Waals surface area contributed by atoms with E-state index in [2.05, 4.69) is 125 Å². The van der Waals surface area contributed by atoms with Gasteiger partial charge in [0.1, 0.15) is 6.61 Å². The van der Waals surface area contributed by atoms with Crippen molar-refractivity contribution < 1.29 is 14.3 Å². The van der Waals surface area contributed by atoms with E-state index in [0.29, 0.717) is 32.9 Å². The van der Waals surface area contributed by atoms with Crippen molar-refractivity contribution in [1.82, 2.24) is 0 Å². The number of hydrogen-bond donors (Lipinski definition) is 0. The Balaban J connectivity index is 1.83. The second-order valence-electron chi connectivity index (χ2n) is 10.6. The van der Waals surface area contributed by atoms with E-state index in [1.54, 1.807) is 0 Å². The minimum atomic E-state index is -0.260. The van der Waals surface area contributed by atoms with Crippen LogP contribution in [0.2, 0.25) is 0 Å². The standard InChI is InChI=1S/C38H44BrN3O3/c1-6-22-40-37-21-20-34(32-12-10-11-13-33(32)37)38(29-14-16-30(17-15-29)41(7-2)24-26-45-28(5)43)35-19-18-31(27-36(35)39)42(8-3)23-25-44-9-4/h6,10-21,27H,1,7-9,22-26H2,2-5H3/b38-34+,40-37?. The Kier molecular flexibility index (Phi) is 12.8. The van der Waals surface area contributed by atoms with Gasteiger partial charge in [0.05, 0.1) is 25.4 Å².